The number of hydrogen-bond acceptors (Lipinski definition) is 4. The molecule has 0 aromatic heterocycles. The lowest BCUT2D eigenvalue weighted by atomic mass is 9.99. The van der Waals surface area contributed by atoms with Gasteiger partial charge in [0.25, 0.3) is 0 Å². The average Bonchev–Trinajstić information content (AvgIpc) is 2.40. The third-order valence-electron chi connectivity index (χ3n) is 4.23. The number of piperazine rings is 1. The van der Waals surface area contributed by atoms with Crippen molar-refractivity contribution in [2.75, 3.05) is 52.5 Å². The monoisotopic (exact) mass is 241 g/mol. The highest BCUT2D eigenvalue weighted by Gasteiger charge is 2.23. The molecule has 0 aromatic rings. The van der Waals surface area contributed by atoms with Gasteiger partial charge < -0.3 is 15.4 Å². The van der Waals surface area contributed by atoms with Crippen LogP contribution in [0.15, 0.2) is 0 Å². The Labute approximate surface area is 105 Å². The molecule has 1 atom stereocenters. The smallest absolute Gasteiger partial charge is 0.0469 e. The van der Waals surface area contributed by atoms with E-state index in [1.807, 2.05) is 0 Å². The van der Waals surface area contributed by atoms with Crippen molar-refractivity contribution in [2.24, 2.45) is 11.7 Å². The van der Waals surface area contributed by atoms with E-state index in [1.54, 1.807) is 0 Å². The van der Waals surface area contributed by atoms with Crippen LogP contribution in [0.4, 0.5) is 0 Å². The van der Waals surface area contributed by atoms with Crippen molar-refractivity contribution in [1.29, 1.82) is 0 Å². The maximum atomic E-state index is 5.72. The van der Waals surface area contributed by atoms with E-state index in [9.17, 15) is 0 Å². The molecular weight excluding hydrogens is 214 g/mol. The normalized spacial score (nSPS) is 27.2. The number of hydrogen-bond donors (Lipinski definition) is 1. The number of nitrogens with zero attached hydrogens (tertiary/aromatic N) is 2. The second-order valence-electron chi connectivity index (χ2n) is 5.48. The van der Waals surface area contributed by atoms with Gasteiger partial charge in [0.05, 0.1) is 0 Å². The van der Waals surface area contributed by atoms with Crippen molar-refractivity contribution in [2.45, 2.75) is 25.8 Å². The van der Waals surface area contributed by atoms with Crippen LogP contribution in [0.3, 0.4) is 0 Å². The standard InChI is InChI=1S/C13H27N3O/c1-12(10-14)16-6-4-15(5-7-16)11-13-2-8-17-9-3-13/h12-13H,2-11,14H2,1H3. The first-order valence-electron chi connectivity index (χ1n) is 7.04. The van der Waals surface area contributed by atoms with Gasteiger partial charge >= 0.3 is 0 Å². The summed E-state index contributed by atoms with van der Waals surface area (Å²) < 4.78 is 5.41. The predicted octanol–water partition coefficient (Wildman–Crippen LogP) is 0.378. The lowest BCUT2D eigenvalue weighted by molar-refractivity contribution is 0.0382. The van der Waals surface area contributed by atoms with E-state index in [-0.39, 0.29) is 0 Å². The summed E-state index contributed by atoms with van der Waals surface area (Å²) in [6.07, 6.45) is 2.50. The molecule has 0 bridgehead atoms. The zero-order valence-electron chi connectivity index (χ0n) is 11.1. The zero-order valence-corrected chi connectivity index (χ0v) is 11.1. The SMILES string of the molecule is CC(CN)N1CCN(CC2CCOCC2)CC1. The van der Waals surface area contributed by atoms with Crippen LogP contribution in [-0.4, -0.2) is 68.3 Å². The van der Waals surface area contributed by atoms with Crippen LogP contribution in [0, 0.1) is 5.92 Å². The largest absolute Gasteiger partial charge is 0.381 e. The highest BCUT2D eigenvalue weighted by Crippen LogP contribution is 2.17. The molecule has 0 saturated carbocycles. The Bertz CT molecular complexity index is 211. The Hall–Kier alpha value is -0.160. The summed E-state index contributed by atoms with van der Waals surface area (Å²) >= 11 is 0. The molecule has 2 saturated heterocycles. The molecule has 2 aliphatic rings. The maximum absolute atomic E-state index is 5.72. The van der Waals surface area contributed by atoms with Gasteiger partial charge in [-0.05, 0) is 25.7 Å². The van der Waals surface area contributed by atoms with Gasteiger partial charge in [-0.25, -0.2) is 0 Å². The van der Waals surface area contributed by atoms with E-state index in [0.29, 0.717) is 6.04 Å². The van der Waals surface area contributed by atoms with Gasteiger partial charge in [-0.1, -0.05) is 0 Å². The van der Waals surface area contributed by atoms with Crippen molar-refractivity contribution >= 4 is 0 Å². The molecule has 4 nitrogen and oxygen atoms in total. The second kappa shape index (κ2) is 6.69. The predicted molar refractivity (Wildman–Crippen MR) is 70.1 cm³/mol. The van der Waals surface area contributed by atoms with Crippen molar-refractivity contribution in [3.63, 3.8) is 0 Å². The Kier molecular flexibility index (Phi) is 5.22. The van der Waals surface area contributed by atoms with Gasteiger partial charge in [0, 0.05) is 58.5 Å². The average molecular weight is 241 g/mol. The first-order valence-corrected chi connectivity index (χ1v) is 7.04. The van der Waals surface area contributed by atoms with Crippen LogP contribution in [0.2, 0.25) is 0 Å². The lowest BCUT2D eigenvalue weighted by Crippen LogP contribution is -2.52. The van der Waals surface area contributed by atoms with E-state index in [2.05, 4.69) is 16.7 Å². The number of rotatable bonds is 4. The zero-order chi connectivity index (χ0) is 12.1. The first kappa shape index (κ1) is 13.3. The Morgan fingerprint density at radius 3 is 2.41 bits per heavy atom. The fourth-order valence-corrected chi connectivity index (χ4v) is 2.83. The van der Waals surface area contributed by atoms with Crippen molar-refractivity contribution in [1.82, 2.24) is 9.80 Å². The molecule has 2 heterocycles. The maximum Gasteiger partial charge on any atom is 0.0469 e. The van der Waals surface area contributed by atoms with Crippen molar-refractivity contribution < 1.29 is 4.74 Å². The lowest BCUT2D eigenvalue weighted by Gasteiger charge is -2.39. The molecule has 4 heteroatoms. The fourth-order valence-electron chi connectivity index (χ4n) is 2.83. The topological polar surface area (TPSA) is 41.7 Å². The minimum atomic E-state index is 0.542. The molecule has 0 aromatic carbocycles. The van der Waals surface area contributed by atoms with Gasteiger partial charge in [-0.3, -0.25) is 4.90 Å². The summed E-state index contributed by atoms with van der Waals surface area (Å²) in [4.78, 5) is 5.14. The van der Waals surface area contributed by atoms with E-state index in [4.69, 9.17) is 10.5 Å². The van der Waals surface area contributed by atoms with E-state index >= 15 is 0 Å². The van der Waals surface area contributed by atoms with E-state index < -0.39 is 0 Å². The minimum absolute atomic E-state index is 0.542. The molecule has 0 amide bonds. The van der Waals surface area contributed by atoms with Gasteiger partial charge in [-0.2, -0.15) is 0 Å². The highest BCUT2D eigenvalue weighted by atomic mass is 16.5. The molecule has 0 radical (unpaired) electrons. The van der Waals surface area contributed by atoms with Gasteiger partial charge in [0.15, 0.2) is 0 Å². The summed E-state index contributed by atoms with van der Waals surface area (Å²) in [7, 11) is 0. The molecular formula is C13H27N3O. The highest BCUT2D eigenvalue weighted by molar-refractivity contribution is 4.78. The van der Waals surface area contributed by atoms with E-state index in [0.717, 1.165) is 25.7 Å². The summed E-state index contributed by atoms with van der Waals surface area (Å²) in [6, 6.07) is 0.542. The quantitative estimate of drug-likeness (QED) is 0.772. The molecule has 17 heavy (non-hydrogen) atoms. The Morgan fingerprint density at radius 1 is 1.18 bits per heavy atom. The molecule has 2 rings (SSSR count). The van der Waals surface area contributed by atoms with Crippen LogP contribution in [0.5, 0.6) is 0 Å². The summed E-state index contributed by atoms with van der Waals surface area (Å²) in [5.41, 5.74) is 5.72. The first-order chi connectivity index (χ1) is 8.29. The van der Waals surface area contributed by atoms with Crippen molar-refractivity contribution in [3.8, 4) is 0 Å². The summed E-state index contributed by atoms with van der Waals surface area (Å²) in [6.45, 7) is 11.0. The van der Waals surface area contributed by atoms with Crippen LogP contribution in [0.25, 0.3) is 0 Å². The van der Waals surface area contributed by atoms with E-state index in [1.165, 1.54) is 45.6 Å². The number of nitrogens with two attached hydrogens (primary N) is 1. The molecule has 100 valence electrons. The third kappa shape index (κ3) is 3.91. The fraction of sp³-hybridized carbons (Fsp3) is 1.00. The number of ether oxygens (including phenoxy) is 1. The van der Waals surface area contributed by atoms with Gasteiger partial charge in [0.1, 0.15) is 0 Å². The van der Waals surface area contributed by atoms with Crippen LogP contribution < -0.4 is 5.73 Å². The second-order valence-corrected chi connectivity index (χ2v) is 5.48. The molecule has 0 aliphatic carbocycles. The Morgan fingerprint density at radius 2 is 1.82 bits per heavy atom. The molecule has 0 spiro atoms. The van der Waals surface area contributed by atoms with Crippen molar-refractivity contribution in [3.05, 3.63) is 0 Å². The molecule has 2 fully saturated rings. The van der Waals surface area contributed by atoms with Crippen LogP contribution in [-0.2, 0) is 4.74 Å². The molecule has 2 N–H and O–H groups in total. The molecule has 1 unspecified atom stereocenters. The third-order valence-corrected chi connectivity index (χ3v) is 4.23. The summed E-state index contributed by atoms with van der Waals surface area (Å²) in [5.74, 6) is 0.863. The summed E-state index contributed by atoms with van der Waals surface area (Å²) in [5, 5.41) is 0. The Balaban J connectivity index is 1.67. The van der Waals surface area contributed by atoms with Gasteiger partial charge in [0.2, 0.25) is 0 Å². The van der Waals surface area contributed by atoms with Gasteiger partial charge in [-0.15, -0.1) is 0 Å². The minimum Gasteiger partial charge on any atom is -0.381 e. The molecule has 2 aliphatic heterocycles. The van der Waals surface area contributed by atoms with Crippen LogP contribution >= 0.6 is 0 Å². The van der Waals surface area contributed by atoms with Crippen LogP contribution in [0.1, 0.15) is 19.8 Å².